The Balaban J connectivity index is 0.000000294. The molecule has 0 unspecified atom stereocenters. The second kappa shape index (κ2) is 13.3. The van der Waals surface area contributed by atoms with Gasteiger partial charge in [-0.25, -0.2) is 8.42 Å². The summed E-state index contributed by atoms with van der Waals surface area (Å²) < 4.78 is 39.9. The molecule has 0 saturated carbocycles. The van der Waals surface area contributed by atoms with Crippen molar-refractivity contribution in [3.8, 4) is 5.75 Å². The molecule has 7 heteroatoms. The van der Waals surface area contributed by atoms with Crippen LogP contribution < -0.4 is 25.9 Å². The highest BCUT2D eigenvalue weighted by atomic mass is 127. The van der Waals surface area contributed by atoms with E-state index in [1.165, 1.54) is 31.7 Å². The van der Waals surface area contributed by atoms with Crippen LogP contribution in [0.3, 0.4) is 0 Å². The molecule has 4 nitrogen and oxygen atoms in total. The second-order valence-corrected chi connectivity index (χ2v) is 16.7. The third-order valence-electron chi connectivity index (χ3n) is 4.66. The average molecular weight is 597 g/mol. The van der Waals surface area contributed by atoms with E-state index in [1.54, 1.807) is 12.1 Å². The molecular formula is C26H33IO4SSi. The summed E-state index contributed by atoms with van der Waals surface area (Å²) in [5, 5.41) is 0.572. The van der Waals surface area contributed by atoms with Gasteiger partial charge < -0.3 is 9.29 Å². The molecule has 3 rings (SSSR count). The van der Waals surface area contributed by atoms with Crippen molar-refractivity contribution in [1.29, 1.82) is 0 Å². The van der Waals surface area contributed by atoms with E-state index >= 15 is 0 Å². The Morgan fingerprint density at radius 1 is 0.879 bits per heavy atom. The maximum Gasteiger partial charge on any atom is 0.357 e. The minimum Gasteiger partial charge on any atom is -0.744 e. The molecule has 3 aromatic carbocycles. The average Bonchev–Trinajstić information content (AvgIpc) is 2.75. The van der Waals surface area contributed by atoms with Crippen LogP contribution in [-0.2, 0) is 10.1 Å². The zero-order valence-electron chi connectivity index (χ0n) is 19.8. The van der Waals surface area contributed by atoms with E-state index in [0.29, 0.717) is 5.04 Å². The lowest BCUT2D eigenvalue weighted by Crippen LogP contribution is -3.61. The van der Waals surface area contributed by atoms with Crippen molar-refractivity contribution in [3.63, 3.8) is 0 Å². The van der Waals surface area contributed by atoms with Gasteiger partial charge in [-0.1, -0.05) is 62.7 Å². The van der Waals surface area contributed by atoms with E-state index in [2.05, 4.69) is 75.4 Å². The number of benzene rings is 3. The second-order valence-electron chi connectivity index (χ2n) is 8.98. The molecule has 0 aliphatic carbocycles. The molecule has 0 aliphatic heterocycles. The van der Waals surface area contributed by atoms with Crippen LogP contribution in [0.1, 0.15) is 32.8 Å². The monoisotopic (exact) mass is 596 g/mol. The van der Waals surface area contributed by atoms with Crippen LogP contribution in [0.15, 0.2) is 83.8 Å². The lowest BCUT2D eigenvalue weighted by atomic mass is 10.2. The fourth-order valence-corrected chi connectivity index (χ4v) is 7.05. The summed E-state index contributed by atoms with van der Waals surface area (Å²) >= 11 is -0.0670. The minimum absolute atomic E-state index is 0.0339. The molecule has 0 saturated heterocycles. The van der Waals surface area contributed by atoms with Gasteiger partial charge in [0, 0.05) is 9.52 Å². The number of ether oxygens (including phenoxy) is 1. The van der Waals surface area contributed by atoms with Crippen molar-refractivity contribution >= 4 is 19.6 Å². The maximum atomic E-state index is 10.4. The van der Waals surface area contributed by atoms with Crippen LogP contribution in [-0.4, -0.2) is 29.1 Å². The van der Waals surface area contributed by atoms with Gasteiger partial charge >= 0.3 is 21.2 Å². The molecule has 0 aliphatic rings. The van der Waals surface area contributed by atoms with E-state index in [4.69, 9.17) is 4.74 Å². The number of hydrogen-bond donors (Lipinski definition) is 0. The van der Waals surface area contributed by atoms with E-state index < -0.39 is 10.1 Å². The first-order chi connectivity index (χ1) is 15.5. The zero-order chi connectivity index (χ0) is 24.3. The van der Waals surface area contributed by atoms with Gasteiger partial charge in [0.2, 0.25) is 0 Å². The molecule has 0 amide bonds. The van der Waals surface area contributed by atoms with Crippen molar-refractivity contribution < 1.29 is 38.9 Å². The molecule has 33 heavy (non-hydrogen) atoms. The lowest BCUT2D eigenvalue weighted by Gasteiger charge is -2.16. The van der Waals surface area contributed by atoms with E-state index in [-0.39, 0.29) is 35.6 Å². The minimum atomic E-state index is -4.27. The summed E-state index contributed by atoms with van der Waals surface area (Å²) in [5.74, 6) is 1.01. The highest BCUT2D eigenvalue weighted by Crippen LogP contribution is 2.22. The summed E-state index contributed by atoms with van der Waals surface area (Å²) in [5.41, 5.74) is 0.928. The Morgan fingerprint density at radius 3 is 2.00 bits per heavy atom. The summed E-state index contributed by atoms with van der Waals surface area (Å²) in [6, 6.07) is 26.6. The van der Waals surface area contributed by atoms with Crippen LogP contribution in [0, 0.1) is 14.1 Å². The highest BCUT2D eigenvalue weighted by Gasteiger charge is 2.14. The number of rotatable bonds is 8. The Labute approximate surface area is 211 Å². The third kappa shape index (κ3) is 11.8. The third-order valence-corrected chi connectivity index (χ3v) is 10.6. The van der Waals surface area contributed by atoms with Crippen molar-refractivity contribution in [1.82, 2.24) is 0 Å². The fraction of sp³-hybridized carbons (Fsp3) is 0.308. The first-order valence-electron chi connectivity index (χ1n) is 11.0. The molecule has 178 valence electrons. The Hall–Kier alpha value is -1.68. The molecule has 3 aromatic rings. The van der Waals surface area contributed by atoms with Gasteiger partial charge in [-0.15, -0.1) is 0 Å². The van der Waals surface area contributed by atoms with Crippen LogP contribution in [0.5, 0.6) is 5.75 Å². The van der Waals surface area contributed by atoms with Crippen LogP contribution in [0.25, 0.3) is 0 Å². The van der Waals surface area contributed by atoms with Gasteiger partial charge in [0.15, 0.2) is 7.14 Å². The summed E-state index contributed by atoms with van der Waals surface area (Å²) in [7, 11) is -4.24. The molecule has 0 N–H and O–H groups in total. The SMILES string of the molecule is CC(C)(C)[SiH2]CCCOc1ccc([I+]c2ccccc2)cc1.Cc1ccc(S(=O)(=O)[O-])cc1. The summed E-state index contributed by atoms with van der Waals surface area (Å²) in [6.45, 7) is 9.75. The Bertz CT molecular complexity index is 1060. The smallest absolute Gasteiger partial charge is 0.357 e. The highest BCUT2D eigenvalue weighted by molar-refractivity contribution is 7.85. The van der Waals surface area contributed by atoms with Gasteiger partial charge in [0.25, 0.3) is 0 Å². The molecular weight excluding hydrogens is 563 g/mol. The first kappa shape index (κ1) is 27.6. The van der Waals surface area contributed by atoms with Gasteiger partial charge in [0.1, 0.15) is 15.9 Å². The van der Waals surface area contributed by atoms with Crippen molar-refractivity contribution in [2.75, 3.05) is 6.61 Å². The molecule has 0 fully saturated rings. The van der Waals surface area contributed by atoms with Crippen molar-refractivity contribution in [3.05, 3.63) is 91.6 Å². The van der Waals surface area contributed by atoms with Crippen LogP contribution in [0.2, 0.25) is 11.1 Å². The van der Waals surface area contributed by atoms with Gasteiger partial charge in [0.05, 0.1) is 11.5 Å². The van der Waals surface area contributed by atoms with Gasteiger partial charge in [-0.3, -0.25) is 0 Å². The molecule has 0 heterocycles. The predicted octanol–water partition coefficient (Wildman–Crippen LogP) is 2.29. The molecule has 0 aromatic heterocycles. The lowest BCUT2D eigenvalue weighted by molar-refractivity contribution is -0.597. The molecule has 0 bridgehead atoms. The predicted molar refractivity (Wildman–Crippen MR) is 133 cm³/mol. The maximum absolute atomic E-state index is 10.4. The Kier molecular flexibility index (Phi) is 11.1. The van der Waals surface area contributed by atoms with Crippen LogP contribution >= 0.6 is 0 Å². The topological polar surface area (TPSA) is 66.4 Å². The zero-order valence-corrected chi connectivity index (χ0v) is 24.1. The Morgan fingerprint density at radius 2 is 1.45 bits per heavy atom. The largest absolute Gasteiger partial charge is 0.744 e. The molecule has 0 radical (unpaired) electrons. The van der Waals surface area contributed by atoms with Gasteiger partial charge in [-0.2, -0.15) is 0 Å². The number of halogens is 1. The quantitative estimate of drug-likeness (QED) is 0.173. The van der Waals surface area contributed by atoms with Crippen LogP contribution in [0.4, 0.5) is 0 Å². The number of hydrogen-bond acceptors (Lipinski definition) is 4. The molecule has 0 atom stereocenters. The fourth-order valence-electron chi connectivity index (χ4n) is 2.85. The standard InChI is InChI=1S/C19H26IOSi.C7H8O3S/c1-19(2,3)22-15-7-14-21-18-12-10-17(11-13-18)20-16-8-5-4-6-9-16;1-6-2-4-7(5-3-6)11(8,9)10/h4-6,8-13H,7,14-15,22H2,1-3H3;2-5H,1H3,(H,8,9,10)/q+1;/p-1. The summed E-state index contributed by atoms with van der Waals surface area (Å²) in [4.78, 5) is -0.178. The normalized spacial score (nSPS) is 11.8. The first-order valence-corrected chi connectivity index (χ1v) is 16.3. The van der Waals surface area contributed by atoms with Gasteiger partial charge in [-0.05, 0) is 66.9 Å². The summed E-state index contributed by atoms with van der Waals surface area (Å²) in [6.07, 6.45) is 1.20. The molecule has 0 spiro atoms. The van der Waals surface area contributed by atoms with Crippen molar-refractivity contribution in [2.24, 2.45) is 0 Å². The number of aryl methyl sites for hydroxylation is 1. The van der Waals surface area contributed by atoms with Crippen molar-refractivity contribution in [2.45, 2.75) is 50.1 Å². The van der Waals surface area contributed by atoms with E-state index in [0.717, 1.165) is 17.9 Å². The van der Waals surface area contributed by atoms with E-state index in [1.807, 2.05) is 6.92 Å². The van der Waals surface area contributed by atoms with E-state index in [9.17, 15) is 13.0 Å².